The fraction of sp³-hybridized carbons (Fsp3) is 0.154. The van der Waals surface area contributed by atoms with Crippen molar-refractivity contribution in [2.75, 3.05) is 5.32 Å². The van der Waals surface area contributed by atoms with Gasteiger partial charge in [-0.3, -0.25) is 4.79 Å². The molecule has 2 rings (SSSR count). The summed E-state index contributed by atoms with van der Waals surface area (Å²) < 4.78 is 28.2. The van der Waals surface area contributed by atoms with Crippen LogP contribution in [0, 0.1) is 13.8 Å². The van der Waals surface area contributed by atoms with Crippen molar-refractivity contribution in [3.8, 4) is 0 Å². The van der Waals surface area contributed by atoms with Gasteiger partial charge in [0.2, 0.25) is 10.0 Å². The normalized spacial score (nSPS) is 11.4. The molecule has 21 heavy (non-hydrogen) atoms. The number of amides is 1. The number of benzene rings is 1. The van der Waals surface area contributed by atoms with E-state index in [0.29, 0.717) is 27.2 Å². The lowest BCUT2D eigenvalue weighted by Gasteiger charge is -2.08. The lowest BCUT2D eigenvalue weighted by molar-refractivity contribution is 0.102. The van der Waals surface area contributed by atoms with E-state index in [4.69, 9.17) is 9.56 Å². The quantitative estimate of drug-likeness (QED) is 0.863. The van der Waals surface area contributed by atoms with Gasteiger partial charge >= 0.3 is 0 Å². The number of rotatable bonds is 3. The molecule has 0 aliphatic rings. The summed E-state index contributed by atoms with van der Waals surface area (Å²) in [6, 6.07) is 5.75. The van der Waals surface area contributed by atoms with Gasteiger partial charge in [0.25, 0.3) is 5.91 Å². The number of hydrogen-bond acceptors (Lipinski definition) is 4. The average Bonchev–Trinajstić information content (AvgIpc) is 2.69. The van der Waals surface area contributed by atoms with E-state index in [9.17, 15) is 13.2 Å². The molecule has 0 radical (unpaired) electrons. The lowest BCUT2D eigenvalue weighted by atomic mass is 10.2. The van der Waals surface area contributed by atoms with Gasteiger partial charge in [-0.1, -0.05) is 0 Å². The number of carbonyl (C=O) groups is 1. The van der Waals surface area contributed by atoms with Crippen molar-refractivity contribution in [2.45, 2.75) is 18.7 Å². The van der Waals surface area contributed by atoms with Gasteiger partial charge in [0.05, 0.1) is 16.1 Å². The highest BCUT2D eigenvalue weighted by Crippen LogP contribution is 2.26. The van der Waals surface area contributed by atoms with Crippen LogP contribution in [-0.4, -0.2) is 14.3 Å². The standard InChI is InChI=1S/C13H13BrN2O4S/c1-7-5-10(8(2)20-7)13(17)16-12-4-3-9(6-11(12)14)21(15,18)19/h3-6H,1-2H3,(H,16,17)(H2,15,18,19). The molecule has 0 aliphatic heterocycles. The van der Waals surface area contributed by atoms with E-state index in [1.807, 2.05) is 0 Å². The van der Waals surface area contributed by atoms with Crippen LogP contribution >= 0.6 is 15.9 Å². The molecule has 0 spiro atoms. The number of anilines is 1. The third-order valence-electron chi connectivity index (χ3n) is 2.80. The van der Waals surface area contributed by atoms with E-state index in [1.165, 1.54) is 18.2 Å². The predicted molar refractivity (Wildman–Crippen MR) is 81.7 cm³/mol. The molecular formula is C13H13BrN2O4S. The van der Waals surface area contributed by atoms with E-state index in [-0.39, 0.29) is 10.8 Å². The van der Waals surface area contributed by atoms with E-state index in [2.05, 4.69) is 21.2 Å². The van der Waals surface area contributed by atoms with Crippen LogP contribution in [0.2, 0.25) is 0 Å². The van der Waals surface area contributed by atoms with Crippen LogP contribution in [-0.2, 0) is 10.0 Å². The number of aryl methyl sites for hydroxylation is 2. The zero-order valence-electron chi connectivity index (χ0n) is 11.3. The predicted octanol–water partition coefficient (Wildman–Crippen LogP) is 2.56. The van der Waals surface area contributed by atoms with Crippen molar-refractivity contribution in [3.05, 3.63) is 45.8 Å². The van der Waals surface area contributed by atoms with Gasteiger partial charge in [-0.05, 0) is 54.0 Å². The van der Waals surface area contributed by atoms with Crippen molar-refractivity contribution in [1.29, 1.82) is 0 Å². The molecule has 0 bridgehead atoms. The third-order valence-corrected chi connectivity index (χ3v) is 4.37. The molecule has 3 N–H and O–H groups in total. The second-order valence-corrected chi connectivity index (χ2v) is 6.88. The van der Waals surface area contributed by atoms with Crippen molar-refractivity contribution >= 4 is 37.5 Å². The lowest BCUT2D eigenvalue weighted by Crippen LogP contribution is -2.14. The Morgan fingerprint density at radius 3 is 2.43 bits per heavy atom. The van der Waals surface area contributed by atoms with Gasteiger partial charge < -0.3 is 9.73 Å². The van der Waals surface area contributed by atoms with Crippen LogP contribution in [0.3, 0.4) is 0 Å². The van der Waals surface area contributed by atoms with Crippen molar-refractivity contribution < 1.29 is 17.6 Å². The molecule has 0 saturated carbocycles. The zero-order valence-corrected chi connectivity index (χ0v) is 13.7. The van der Waals surface area contributed by atoms with E-state index in [0.717, 1.165) is 0 Å². The minimum Gasteiger partial charge on any atom is -0.466 e. The summed E-state index contributed by atoms with van der Waals surface area (Å²) in [7, 11) is -3.78. The van der Waals surface area contributed by atoms with Gasteiger partial charge in [-0.25, -0.2) is 13.6 Å². The number of nitrogens with two attached hydrogens (primary N) is 1. The van der Waals surface area contributed by atoms with Crippen molar-refractivity contribution in [1.82, 2.24) is 0 Å². The highest BCUT2D eigenvalue weighted by Gasteiger charge is 2.16. The second-order valence-electron chi connectivity index (χ2n) is 4.47. The number of nitrogens with one attached hydrogen (secondary N) is 1. The fourth-order valence-corrected chi connectivity index (χ4v) is 2.99. The van der Waals surface area contributed by atoms with Gasteiger partial charge in [-0.15, -0.1) is 0 Å². The Labute approximate surface area is 130 Å². The van der Waals surface area contributed by atoms with Crippen LogP contribution in [0.1, 0.15) is 21.9 Å². The van der Waals surface area contributed by atoms with Gasteiger partial charge in [0.15, 0.2) is 0 Å². The fourth-order valence-electron chi connectivity index (χ4n) is 1.82. The first-order valence-corrected chi connectivity index (χ1v) is 8.23. The Hall–Kier alpha value is -1.64. The van der Waals surface area contributed by atoms with Crippen molar-refractivity contribution in [3.63, 3.8) is 0 Å². The van der Waals surface area contributed by atoms with Gasteiger partial charge in [-0.2, -0.15) is 0 Å². The summed E-state index contributed by atoms with van der Waals surface area (Å²) in [5.74, 6) is 0.817. The molecular weight excluding hydrogens is 360 g/mol. The zero-order chi connectivity index (χ0) is 15.8. The first kappa shape index (κ1) is 15.7. The molecule has 1 aromatic carbocycles. The maximum absolute atomic E-state index is 12.1. The molecule has 0 saturated heterocycles. The summed E-state index contributed by atoms with van der Waals surface area (Å²) in [6.45, 7) is 3.45. The molecule has 112 valence electrons. The number of primary sulfonamides is 1. The van der Waals surface area contributed by atoms with E-state index in [1.54, 1.807) is 19.9 Å². The summed E-state index contributed by atoms with van der Waals surface area (Å²) in [5, 5.41) is 7.72. The highest BCUT2D eigenvalue weighted by molar-refractivity contribution is 9.10. The Kier molecular flexibility index (Phi) is 4.22. The largest absolute Gasteiger partial charge is 0.466 e. The average molecular weight is 373 g/mol. The number of hydrogen-bond donors (Lipinski definition) is 2. The Morgan fingerprint density at radius 2 is 1.95 bits per heavy atom. The molecule has 1 heterocycles. The minimum absolute atomic E-state index is 0.0392. The van der Waals surface area contributed by atoms with Gasteiger partial charge in [0.1, 0.15) is 11.5 Å². The topological polar surface area (TPSA) is 102 Å². The molecule has 8 heteroatoms. The molecule has 0 unspecified atom stereocenters. The maximum atomic E-state index is 12.1. The second kappa shape index (κ2) is 5.63. The third kappa shape index (κ3) is 3.52. The SMILES string of the molecule is Cc1cc(C(=O)Nc2ccc(S(N)(=O)=O)cc2Br)c(C)o1. The van der Waals surface area contributed by atoms with Crippen LogP contribution in [0.15, 0.2) is 38.1 Å². The first-order valence-electron chi connectivity index (χ1n) is 5.89. The molecule has 1 amide bonds. The van der Waals surface area contributed by atoms with Gasteiger partial charge in [0, 0.05) is 4.47 Å². The number of sulfonamides is 1. The number of furan rings is 1. The van der Waals surface area contributed by atoms with Crippen LogP contribution in [0.4, 0.5) is 5.69 Å². The maximum Gasteiger partial charge on any atom is 0.259 e. The number of carbonyl (C=O) groups excluding carboxylic acids is 1. The molecule has 2 aromatic rings. The van der Waals surface area contributed by atoms with E-state index < -0.39 is 10.0 Å². The van der Waals surface area contributed by atoms with E-state index >= 15 is 0 Å². The Balaban J connectivity index is 2.28. The molecule has 0 aliphatic carbocycles. The molecule has 6 nitrogen and oxygen atoms in total. The Morgan fingerprint density at radius 1 is 1.29 bits per heavy atom. The van der Waals surface area contributed by atoms with Crippen LogP contribution < -0.4 is 10.5 Å². The van der Waals surface area contributed by atoms with Crippen LogP contribution in [0.5, 0.6) is 0 Å². The Bertz CT molecular complexity index is 812. The molecule has 0 atom stereocenters. The summed E-state index contributed by atoms with van der Waals surface area (Å²) in [6.07, 6.45) is 0. The molecule has 1 aromatic heterocycles. The minimum atomic E-state index is -3.78. The summed E-state index contributed by atoms with van der Waals surface area (Å²) in [4.78, 5) is 12.1. The highest BCUT2D eigenvalue weighted by atomic mass is 79.9. The van der Waals surface area contributed by atoms with Crippen molar-refractivity contribution in [2.24, 2.45) is 5.14 Å². The summed E-state index contributed by atoms with van der Waals surface area (Å²) >= 11 is 3.21. The first-order chi connectivity index (χ1) is 9.68. The monoisotopic (exact) mass is 372 g/mol. The molecule has 0 fully saturated rings. The van der Waals surface area contributed by atoms with Crippen LogP contribution in [0.25, 0.3) is 0 Å². The smallest absolute Gasteiger partial charge is 0.259 e. The number of halogens is 1. The summed E-state index contributed by atoms with van der Waals surface area (Å²) in [5.41, 5.74) is 0.862.